The second-order valence-electron chi connectivity index (χ2n) is 11.6. The van der Waals surface area contributed by atoms with Crippen molar-refractivity contribution in [3.05, 3.63) is 94.6 Å². The summed E-state index contributed by atoms with van der Waals surface area (Å²) in [6, 6.07) is 15.5. The van der Waals surface area contributed by atoms with Gasteiger partial charge >= 0.3 is 22.5 Å². The zero-order chi connectivity index (χ0) is 31.7. The van der Waals surface area contributed by atoms with Gasteiger partial charge in [-0.1, -0.05) is 42.5 Å². The summed E-state index contributed by atoms with van der Waals surface area (Å²) in [4.78, 5) is 29.0. The van der Waals surface area contributed by atoms with Crippen LogP contribution in [0.2, 0.25) is 0 Å². The van der Waals surface area contributed by atoms with E-state index in [1.165, 1.54) is 19.1 Å². The van der Waals surface area contributed by atoms with E-state index in [4.69, 9.17) is 13.7 Å². The minimum absolute atomic E-state index is 0.144. The average Bonchev–Trinajstić information content (AvgIpc) is 3.74. The molecule has 0 bridgehead atoms. The quantitative estimate of drug-likeness (QED) is 0.429. The van der Waals surface area contributed by atoms with E-state index < -0.39 is 63.0 Å². The monoisotopic (exact) mass is 640 g/mol. The topological polar surface area (TPSA) is 127 Å². The predicted molar refractivity (Wildman–Crippen MR) is 157 cm³/mol. The number of carbonyl (C=O) groups excluding carboxylic acids is 2. The number of nitrogens with zero attached hydrogens (tertiary/aromatic N) is 2. The lowest BCUT2D eigenvalue weighted by Crippen LogP contribution is -2.53. The molecule has 2 amide bonds. The molecule has 2 N–H and O–H groups in total. The number of carbonyl (C=O) groups is 2. The Hall–Kier alpha value is -4.43. The van der Waals surface area contributed by atoms with Crippen molar-refractivity contribution in [2.45, 2.75) is 42.4 Å². The Morgan fingerprint density at radius 2 is 1.49 bits per heavy atom. The first-order chi connectivity index (χ1) is 21.6. The van der Waals surface area contributed by atoms with Gasteiger partial charge in [0.1, 0.15) is 6.17 Å². The second kappa shape index (κ2) is 10.3. The van der Waals surface area contributed by atoms with Crippen LogP contribution in [0.5, 0.6) is 5.75 Å². The molecule has 7 rings (SSSR count). The molecule has 3 aromatic carbocycles. The van der Waals surface area contributed by atoms with Crippen molar-refractivity contribution in [3.8, 4) is 5.75 Å². The standard InChI is InChI=1S/C31H30F2N4O7S/c1-42-28(38)36-16-14-31(35-45(40,41)44-26-22(32)10-6-11-23(26)33)20-9-5-8-19(18(20)17-25(31)36)30-13-15-37(29(39)43-2)27(30)34-24-12-4-3-7-21(24)30/h3-12,25,27,34-35H,13-17H2,1-2H3/t25?,27?,30-,31+/m0/s1. The SMILES string of the molecule is COC(=O)N1CC[C@]2(c3cccc4c3CC3N(C(=O)OC)CC[C@@]43NS(=O)(=O)Oc3c(F)cccc3F)c3ccccc3NC12. The molecule has 2 unspecified atom stereocenters. The van der Waals surface area contributed by atoms with Crippen molar-refractivity contribution in [1.29, 1.82) is 0 Å². The van der Waals surface area contributed by atoms with Crippen LogP contribution >= 0.6 is 0 Å². The first kappa shape index (κ1) is 29.3. The molecule has 2 saturated heterocycles. The number of hydrogen-bond acceptors (Lipinski definition) is 8. The van der Waals surface area contributed by atoms with E-state index in [1.807, 2.05) is 36.4 Å². The zero-order valence-electron chi connectivity index (χ0n) is 24.4. The molecule has 4 atom stereocenters. The van der Waals surface area contributed by atoms with Crippen molar-refractivity contribution < 1.29 is 40.4 Å². The fraction of sp³-hybridized carbons (Fsp3) is 0.355. The van der Waals surface area contributed by atoms with Crippen LogP contribution in [0.15, 0.2) is 60.7 Å². The highest BCUT2D eigenvalue weighted by atomic mass is 32.2. The molecule has 0 saturated carbocycles. The molecule has 0 spiro atoms. The molecule has 3 aliphatic heterocycles. The van der Waals surface area contributed by atoms with Gasteiger partial charge in [-0.05, 0) is 59.7 Å². The van der Waals surface area contributed by atoms with Gasteiger partial charge in [-0.2, -0.15) is 13.1 Å². The molecule has 0 aromatic heterocycles. The fourth-order valence-corrected chi connectivity index (χ4v) is 9.16. The molecule has 4 aliphatic rings. The smallest absolute Gasteiger partial charge is 0.411 e. The summed E-state index contributed by atoms with van der Waals surface area (Å²) in [5.74, 6) is -3.42. The maximum absolute atomic E-state index is 14.4. The van der Waals surface area contributed by atoms with Crippen LogP contribution in [0.25, 0.3) is 0 Å². The number of anilines is 1. The lowest BCUT2D eigenvalue weighted by molar-refractivity contribution is 0.112. The number of likely N-dealkylation sites (tertiary alicyclic amines) is 2. The van der Waals surface area contributed by atoms with Crippen LogP contribution in [0, 0.1) is 11.6 Å². The van der Waals surface area contributed by atoms with E-state index in [0.29, 0.717) is 18.5 Å². The number of nitrogens with one attached hydrogen (secondary N) is 2. The van der Waals surface area contributed by atoms with Gasteiger partial charge in [-0.25, -0.2) is 18.4 Å². The van der Waals surface area contributed by atoms with Crippen molar-refractivity contribution >= 4 is 28.2 Å². The first-order valence-electron chi connectivity index (χ1n) is 14.4. The summed E-state index contributed by atoms with van der Waals surface area (Å²) in [6.45, 7) is 0.561. The Labute approximate surface area is 258 Å². The van der Waals surface area contributed by atoms with Gasteiger partial charge in [-0.3, -0.25) is 4.90 Å². The minimum Gasteiger partial charge on any atom is -0.453 e. The molecule has 11 nitrogen and oxygen atoms in total. The van der Waals surface area contributed by atoms with E-state index in [2.05, 4.69) is 10.0 Å². The zero-order valence-corrected chi connectivity index (χ0v) is 25.2. The molecular weight excluding hydrogens is 610 g/mol. The van der Waals surface area contributed by atoms with Gasteiger partial charge in [0.25, 0.3) is 0 Å². The van der Waals surface area contributed by atoms with Crippen molar-refractivity contribution in [2.75, 3.05) is 32.6 Å². The van der Waals surface area contributed by atoms with Crippen molar-refractivity contribution in [2.24, 2.45) is 0 Å². The summed E-state index contributed by atoms with van der Waals surface area (Å²) in [6.07, 6.45) is -0.682. The maximum atomic E-state index is 14.4. The summed E-state index contributed by atoms with van der Waals surface area (Å²) < 4.78 is 73.6. The number of benzene rings is 3. The lowest BCUT2D eigenvalue weighted by atomic mass is 9.71. The lowest BCUT2D eigenvalue weighted by Gasteiger charge is -2.35. The molecule has 3 aromatic rings. The third-order valence-electron chi connectivity index (χ3n) is 9.69. The van der Waals surface area contributed by atoms with Gasteiger partial charge in [0, 0.05) is 18.8 Å². The second-order valence-corrected chi connectivity index (χ2v) is 12.9. The van der Waals surface area contributed by atoms with Crippen LogP contribution in [-0.2, 0) is 37.2 Å². The molecule has 3 heterocycles. The van der Waals surface area contributed by atoms with E-state index in [1.54, 1.807) is 11.0 Å². The van der Waals surface area contributed by atoms with E-state index in [-0.39, 0.29) is 19.4 Å². The number of fused-ring (bicyclic) bond motifs is 6. The number of amides is 2. The molecule has 45 heavy (non-hydrogen) atoms. The van der Waals surface area contributed by atoms with Crippen LogP contribution in [0.1, 0.15) is 35.1 Å². The Bertz CT molecular complexity index is 1820. The van der Waals surface area contributed by atoms with E-state index in [9.17, 15) is 26.8 Å². The normalized spacial score (nSPS) is 26.0. The number of halogens is 2. The van der Waals surface area contributed by atoms with Crippen LogP contribution in [0.4, 0.5) is 24.1 Å². The van der Waals surface area contributed by atoms with Crippen LogP contribution in [0.3, 0.4) is 0 Å². The Morgan fingerprint density at radius 3 is 2.22 bits per heavy atom. The Morgan fingerprint density at radius 1 is 0.867 bits per heavy atom. The van der Waals surface area contributed by atoms with Gasteiger partial charge < -0.3 is 23.9 Å². The number of ether oxygens (including phenoxy) is 2. The predicted octanol–water partition coefficient (Wildman–Crippen LogP) is 3.98. The molecule has 14 heteroatoms. The summed E-state index contributed by atoms with van der Waals surface area (Å²) in [5, 5.41) is 3.50. The largest absolute Gasteiger partial charge is 0.453 e. The molecule has 1 aliphatic carbocycles. The van der Waals surface area contributed by atoms with Crippen LogP contribution in [-0.4, -0.2) is 69.9 Å². The number of para-hydroxylation sites is 2. The summed E-state index contributed by atoms with van der Waals surface area (Å²) in [5.41, 5.74) is 1.98. The maximum Gasteiger partial charge on any atom is 0.411 e. The minimum atomic E-state index is -4.84. The number of methoxy groups -OCH3 is 2. The van der Waals surface area contributed by atoms with Gasteiger partial charge in [0.2, 0.25) is 5.75 Å². The van der Waals surface area contributed by atoms with Crippen molar-refractivity contribution in [1.82, 2.24) is 14.5 Å². The Kier molecular flexibility index (Phi) is 6.71. The highest BCUT2D eigenvalue weighted by Crippen LogP contribution is 2.57. The van der Waals surface area contributed by atoms with Crippen molar-refractivity contribution in [3.63, 3.8) is 0 Å². The highest BCUT2D eigenvalue weighted by Gasteiger charge is 2.62. The molecule has 0 radical (unpaired) electrons. The third-order valence-corrected chi connectivity index (χ3v) is 10.7. The number of rotatable bonds is 5. The van der Waals surface area contributed by atoms with Gasteiger partial charge in [0.05, 0.1) is 31.2 Å². The van der Waals surface area contributed by atoms with Gasteiger partial charge in [0.15, 0.2) is 11.6 Å². The highest BCUT2D eigenvalue weighted by molar-refractivity contribution is 7.85. The van der Waals surface area contributed by atoms with E-state index >= 15 is 0 Å². The number of hydrogen-bond donors (Lipinski definition) is 2. The average molecular weight is 641 g/mol. The van der Waals surface area contributed by atoms with Crippen LogP contribution < -0.4 is 14.2 Å². The molecular formula is C31H30F2N4O7S. The van der Waals surface area contributed by atoms with Gasteiger partial charge in [-0.15, -0.1) is 0 Å². The molecule has 2 fully saturated rings. The fourth-order valence-electron chi connectivity index (χ4n) is 7.94. The molecule has 236 valence electrons. The Balaban J connectivity index is 1.37. The summed E-state index contributed by atoms with van der Waals surface area (Å²) >= 11 is 0. The first-order valence-corrected chi connectivity index (χ1v) is 15.8. The van der Waals surface area contributed by atoms with E-state index in [0.717, 1.165) is 40.6 Å². The summed E-state index contributed by atoms with van der Waals surface area (Å²) in [7, 11) is -2.26. The third kappa shape index (κ3) is 4.18.